The van der Waals surface area contributed by atoms with Gasteiger partial charge in [0.05, 0.1) is 27.7 Å². The van der Waals surface area contributed by atoms with Gasteiger partial charge < -0.3 is 4.74 Å². The zero-order valence-electron chi connectivity index (χ0n) is 13.8. The standard InChI is InChI=1S/C19H18BrClN2O2/c1-2-18-22-16-7-4-3-6-14(16)19(24)23(18)13-8-9-17(15(20)12-13)25-11-5-10-21/h3-4,6-9,12H,2,5,10-11H2,1H3. The predicted octanol–water partition coefficient (Wildman–Crippen LogP) is 4.72. The minimum atomic E-state index is -0.0647. The number of fused-ring (bicyclic) bond motifs is 1. The van der Waals surface area contributed by atoms with Crippen molar-refractivity contribution in [3.05, 3.63) is 63.1 Å². The minimum absolute atomic E-state index is 0.0647. The van der Waals surface area contributed by atoms with Crippen LogP contribution in [-0.4, -0.2) is 22.0 Å². The molecule has 3 aromatic rings. The van der Waals surface area contributed by atoms with E-state index in [4.69, 9.17) is 16.3 Å². The molecule has 0 aliphatic rings. The Kier molecular flexibility index (Phi) is 5.76. The van der Waals surface area contributed by atoms with Crippen LogP contribution in [0.5, 0.6) is 5.75 Å². The largest absolute Gasteiger partial charge is 0.492 e. The lowest BCUT2D eigenvalue weighted by molar-refractivity contribution is 0.316. The summed E-state index contributed by atoms with van der Waals surface area (Å²) in [7, 11) is 0. The highest BCUT2D eigenvalue weighted by Gasteiger charge is 2.13. The van der Waals surface area contributed by atoms with Gasteiger partial charge in [0.15, 0.2) is 0 Å². The van der Waals surface area contributed by atoms with Crippen LogP contribution in [0.15, 0.2) is 51.7 Å². The third kappa shape index (κ3) is 3.72. The summed E-state index contributed by atoms with van der Waals surface area (Å²) >= 11 is 9.20. The molecule has 4 nitrogen and oxygen atoms in total. The summed E-state index contributed by atoms with van der Waals surface area (Å²) < 4.78 is 8.15. The highest BCUT2D eigenvalue weighted by molar-refractivity contribution is 9.10. The van der Waals surface area contributed by atoms with Gasteiger partial charge in [-0.05, 0) is 52.7 Å². The van der Waals surface area contributed by atoms with Crippen molar-refractivity contribution in [2.45, 2.75) is 19.8 Å². The first-order chi connectivity index (χ1) is 12.2. The van der Waals surface area contributed by atoms with E-state index >= 15 is 0 Å². The number of aryl methyl sites for hydroxylation is 1. The smallest absolute Gasteiger partial charge is 0.265 e. The van der Waals surface area contributed by atoms with E-state index in [0.29, 0.717) is 24.3 Å². The highest BCUT2D eigenvalue weighted by Crippen LogP contribution is 2.28. The van der Waals surface area contributed by atoms with Crippen molar-refractivity contribution in [3.63, 3.8) is 0 Å². The number of para-hydroxylation sites is 1. The maximum Gasteiger partial charge on any atom is 0.265 e. The monoisotopic (exact) mass is 420 g/mol. The zero-order valence-corrected chi connectivity index (χ0v) is 16.2. The van der Waals surface area contributed by atoms with Gasteiger partial charge in [-0.3, -0.25) is 9.36 Å². The van der Waals surface area contributed by atoms with Crippen LogP contribution in [0.2, 0.25) is 0 Å². The third-order valence-electron chi connectivity index (χ3n) is 3.87. The molecule has 0 saturated carbocycles. The molecule has 0 fully saturated rings. The second-order valence-corrected chi connectivity index (χ2v) is 6.78. The minimum Gasteiger partial charge on any atom is -0.492 e. The van der Waals surface area contributed by atoms with Crippen molar-refractivity contribution in [1.82, 2.24) is 9.55 Å². The lowest BCUT2D eigenvalue weighted by Gasteiger charge is -2.14. The summed E-state index contributed by atoms with van der Waals surface area (Å²) in [5.41, 5.74) is 1.42. The van der Waals surface area contributed by atoms with Crippen LogP contribution >= 0.6 is 27.5 Å². The first-order valence-electron chi connectivity index (χ1n) is 8.15. The molecule has 3 rings (SSSR count). The molecular formula is C19H18BrClN2O2. The van der Waals surface area contributed by atoms with E-state index in [1.807, 2.05) is 43.3 Å². The molecule has 1 aromatic heterocycles. The van der Waals surface area contributed by atoms with E-state index in [1.165, 1.54) is 0 Å². The van der Waals surface area contributed by atoms with Crippen LogP contribution in [0.3, 0.4) is 0 Å². The Hall–Kier alpha value is -1.85. The molecule has 0 aliphatic carbocycles. The molecule has 25 heavy (non-hydrogen) atoms. The SMILES string of the molecule is CCc1nc2ccccc2c(=O)n1-c1ccc(OCCCCl)c(Br)c1. The van der Waals surface area contributed by atoms with Crippen LogP contribution < -0.4 is 10.3 Å². The van der Waals surface area contributed by atoms with Crippen LogP contribution in [0.25, 0.3) is 16.6 Å². The van der Waals surface area contributed by atoms with Crippen LogP contribution in [0, 0.1) is 0 Å². The van der Waals surface area contributed by atoms with Gasteiger partial charge in [0.2, 0.25) is 0 Å². The van der Waals surface area contributed by atoms with Gasteiger partial charge in [0, 0.05) is 12.3 Å². The Morgan fingerprint density at radius 1 is 1.24 bits per heavy atom. The summed E-state index contributed by atoms with van der Waals surface area (Å²) in [5, 5.41) is 0.610. The number of hydrogen-bond donors (Lipinski definition) is 0. The van der Waals surface area contributed by atoms with Crippen molar-refractivity contribution in [1.29, 1.82) is 0 Å². The predicted molar refractivity (Wildman–Crippen MR) is 105 cm³/mol. The summed E-state index contributed by atoms with van der Waals surface area (Å²) in [6.07, 6.45) is 1.44. The maximum absolute atomic E-state index is 13.0. The highest BCUT2D eigenvalue weighted by atomic mass is 79.9. The van der Waals surface area contributed by atoms with Gasteiger partial charge in [-0.15, -0.1) is 11.6 Å². The number of nitrogens with zero attached hydrogens (tertiary/aromatic N) is 2. The van der Waals surface area contributed by atoms with Gasteiger partial charge >= 0.3 is 0 Å². The molecule has 0 bridgehead atoms. The van der Waals surface area contributed by atoms with Gasteiger partial charge in [-0.25, -0.2) is 4.98 Å². The van der Waals surface area contributed by atoms with Gasteiger partial charge in [0.25, 0.3) is 5.56 Å². The van der Waals surface area contributed by atoms with E-state index in [9.17, 15) is 4.79 Å². The fourth-order valence-electron chi connectivity index (χ4n) is 2.66. The first-order valence-corrected chi connectivity index (χ1v) is 9.47. The second kappa shape index (κ2) is 8.02. The van der Waals surface area contributed by atoms with Crippen molar-refractivity contribution < 1.29 is 4.74 Å². The van der Waals surface area contributed by atoms with Crippen molar-refractivity contribution in [2.24, 2.45) is 0 Å². The lowest BCUT2D eigenvalue weighted by atomic mass is 10.2. The average molecular weight is 422 g/mol. The number of ether oxygens (including phenoxy) is 1. The molecule has 1 heterocycles. The molecule has 0 aliphatic heterocycles. The Balaban J connectivity index is 2.08. The molecule has 6 heteroatoms. The van der Waals surface area contributed by atoms with Crippen molar-refractivity contribution in [3.8, 4) is 11.4 Å². The number of halogens is 2. The molecule has 0 saturated heterocycles. The first kappa shape index (κ1) is 18.0. The number of alkyl halides is 1. The van der Waals surface area contributed by atoms with Crippen molar-refractivity contribution >= 4 is 38.4 Å². The van der Waals surface area contributed by atoms with E-state index in [1.54, 1.807) is 10.6 Å². The normalized spacial score (nSPS) is 11.0. The second-order valence-electron chi connectivity index (χ2n) is 5.55. The summed E-state index contributed by atoms with van der Waals surface area (Å²) in [6.45, 7) is 2.55. The molecular weight excluding hydrogens is 404 g/mol. The average Bonchev–Trinajstić information content (AvgIpc) is 2.63. The maximum atomic E-state index is 13.0. The van der Waals surface area contributed by atoms with Crippen LogP contribution in [0.4, 0.5) is 0 Å². The summed E-state index contributed by atoms with van der Waals surface area (Å²) in [6, 6.07) is 13.0. The van der Waals surface area contributed by atoms with E-state index < -0.39 is 0 Å². The number of benzene rings is 2. The molecule has 0 N–H and O–H groups in total. The molecule has 130 valence electrons. The van der Waals surface area contributed by atoms with E-state index in [0.717, 1.165) is 33.7 Å². The topological polar surface area (TPSA) is 44.1 Å². The molecule has 2 aromatic carbocycles. The third-order valence-corrected chi connectivity index (χ3v) is 4.76. The zero-order chi connectivity index (χ0) is 17.8. The number of hydrogen-bond acceptors (Lipinski definition) is 3. The number of aromatic nitrogens is 2. The Morgan fingerprint density at radius 3 is 2.76 bits per heavy atom. The summed E-state index contributed by atoms with van der Waals surface area (Å²) in [4.78, 5) is 17.6. The molecule has 0 radical (unpaired) electrons. The van der Waals surface area contributed by atoms with Gasteiger partial charge in [0.1, 0.15) is 11.6 Å². The Morgan fingerprint density at radius 2 is 2.04 bits per heavy atom. The quantitative estimate of drug-likeness (QED) is 0.427. The fraction of sp³-hybridized carbons (Fsp3) is 0.263. The molecule has 0 atom stereocenters. The van der Waals surface area contributed by atoms with Gasteiger partial charge in [-0.1, -0.05) is 19.1 Å². The fourth-order valence-corrected chi connectivity index (χ4v) is 3.25. The Bertz CT molecular complexity index is 956. The lowest BCUT2D eigenvalue weighted by Crippen LogP contribution is -2.23. The molecule has 0 spiro atoms. The van der Waals surface area contributed by atoms with E-state index in [2.05, 4.69) is 20.9 Å². The Labute approximate surface area is 159 Å². The van der Waals surface area contributed by atoms with E-state index in [-0.39, 0.29) is 5.56 Å². The molecule has 0 amide bonds. The van der Waals surface area contributed by atoms with Crippen molar-refractivity contribution in [2.75, 3.05) is 12.5 Å². The van der Waals surface area contributed by atoms with Crippen LogP contribution in [-0.2, 0) is 6.42 Å². The molecule has 0 unspecified atom stereocenters. The van der Waals surface area contributed by atoms with Crippen LogP contribution in [0.1, 0.15) is 19.2 Å². The number of rotatable bonds is 6. The summed E-state index contributed by atoms with van der Waals surface area (Å²) in [5.74, 6) is 2.02. The van der Waals surface area contributed by atoms with Gasteiger partial charge in [-0.2, -0.15) is 0 Å².